The molecule has 0 amide bonds. The largest absolute Gasteiger partial charge is 0.463 e. The number of carbonyl (C=O) groups is 1. The van der Waals surface area contributed by atoms with Gasteiger partial charge >= 0.3 is 5.97 Å². The molecule has 0 radical (unpaired) electrons. The second-order valence-electron chi connectivity index (χ2n) is 3.31. The van der Waals surface area contributed by atoms with Crippen molar-refractivity contribution in [2.75, 3.05) is 7.11 Å². The molecule has 0 atom stereocenters. The van der Waals surface area contributed by atoms with Crippen LogP contribution in [0.5, 0.6) is 0 Å². The molecule has 0 N–H and O–H groups in total. The summed E-state index contributed by atoms with van der Waals surface area (Å²) >= 11 is 4.94. The van der Waals surface area contributed by atoms with Crippen molar-refractivity contribution in [1.82, 2.24) is 9.97 Å². The molecule has 0 aliphatic rings. The summed E-state index contributed by atoms with van der Waals surface area (Å²) in [7, 11) is 1.31. The van der Waals surface area contributed by atoms with E-state index in [1.807, 2.05) is 25.1 Å². The van der Waals surface area contributed by atoms with Gasteiger partial charge in [0.15, 0.2) is 0 Å². The van der Waals surface area contributed by atoms with Crippen LogP contribution in [0.1, 0.15) is 16.3 Å². The van der Waals surface area contributed by atoms with Gasteiger partial charge in [-0.2, -0.15) is 0 Å². The first-order chi connectivity index (χ1) is 8.10. The van der Waals surface area contributed by atoms with Gasteiger partial charge in [-0.05, 0) is 41.1 Å². The lowest BCUT2D eigenvalue weighted by Crippen LogP contribution is -2.08. The SMILES string of the molecule is COC(=O)c1nc(C)cc(-c2ccc(Br)s2)n1. The molecule has 4 nitrogen and oxygen atoms in total. The van der Waals surface area contributed by atoms with Crippen molar-refractivity contribution in [3.63, 3.8) is 0 Å². The summed E-state index contributed by atoms with van der Waals surface area (Å²) in [6.45, 7) is 1.82. The van der Waals surface area contributed by atoms with Gasteiger partial charge in [0.2, 0.25) is 5.82 Å². The maximum Gasteiger partial charge on any atom is 0.376 e. The first kappa shape index (κ1) is 12.2. The van der Waals surface area contributed by atoms with Gasteiger partial charge < -0.3 is 4.74 Å². The van der Waals surface area contributed by atoms with E-state index in [9.17, 15) is 4.79 Å². The number of esters is 1. The maximum atomic E-state index is 11.4. The zero-order chi connectivity index (χ0) is 12.4. The molecular weight excluding hydrogens is 304 g/mol. The normalized spacial score (nSPS) is 10.3. The molecule has 0 aliphatic heterocycles. The summed E-state index contributed by atoms with van der Waals surface area (Å²) in [4.78, 5) is 20.6. The van der Waals surface area contributed by atoms with Crippen molar-refractivity contribution < 1.29 is 9.53 Å². The van der Waals surface area contributed by atoms with Gasteiger partial charge in [0, 0.05) is 5.69 Å². The highest BCUT2D eigenvalue weighted by Gasteiger charge is 2.13. The Bertz CT molecular complexity index is 568. The number of halogens is 1. The Labute approximate surface area is 111 Å². The summed E-state index contributed by atoms with van der Waals surface area (Å²) in [6.07, 6.45) is 0. The molecule has 0 aliphatic carbocycles. The average molecular weight is 313 g/mol. The second-order valence-corrected chi connectivity index (χ2v) is 5.78. The highest BCUT2D eigenvalue weighted by molar-refractivity contribution is 9.11. The van der Waals surface area contributed by atoms with Crippen LogP contribution in [0.4, 0.5) is 0 Å². The number of aromatic nitrogens is 2. The number of rotatable bonds is 2. The Morgan fingerprint density at radius 3 is 2.76 bits per heavy atom. The van der Waals surface area contributed by atoms with E-state index in [0.29, 0.717) is 0 Å². The summed E-state index contributed by atoms with van der Waals surface area (Å²) in [5.41, 5.74) is 1.47. The molecule has 0 aromatic carbocycles. The van der Waals surface area contributed by atoms with Gasteiger partial charge in [-0.25, -0.2) is 14.8 Å². The van der Waals surface area contributed by atoms with Gasteiger partial charge in [0.25, 0.3) is 0 Å². The Balaban J connectivity index is 2.48. The number of methoxy groups -OCH3 is 1. The molecule has 0 unspecified atom stereocenters. The fourth-order valence-corrected chi connectivity index (χ4v) is 2.68. The molecule has 0 spiro atoms. The predicted molar refractivity (Wildman–Crippen MR) is 69.1 cm³/mol. The number of hydrogen-bond donors (Lipinski definition) is 0. The summed E-state index contributed by atoms with van der Waals surface area (Å²) in [5.74, 6) is -0.433. The summed E-state index contributed by atoms with van der Waals surface area (Å²) in [6, 6.07) is 5.72. The fourth-order valence-electron chi connectivity index (χ4n) is 1.33. The molecule has 2 rings (SSSR count). The number of nitrogens with zero attached hydrogens (tertiary/aromatic N) is 2. The third-order valence-electron chi connectivity index (χ3n) is 2.05. The lowest BCUT2D eigenvalue weighted by atomic mass is 10.3. The molecule has 2 aromatic heterocycles. The monoisotopic (exact) mass is 312 g/mol. The van der Waals surface area contributed by atoms with Crippen molar-refractivity contribution in [2.24, 2.45) is 0 Å². The van der Waals surface area contributed by atoms with Crippen LogP contribution >= 0.6 is 27.3 Å². The van der Waals surface area contributed by atoms with Gasteiger partial charge in [0.05, 0.1) is 21.5 Å². The Kier molecular flexibility index (Phi) is 3.54. The second kappa shape index (κ2) is 4.93. The average Bonchev–Trinajstić information content (AvgIpc) is 2.74. The van der Waals surface area contributed by atoms with Crippen molar-refractivity contribution in [1.29, 1.82) is 0 Å². The zero-order valence-electron chi connectivity index (χ0n) is 9.23. The molecule has 6 heteroatoms. The quantitative estimate of drug-likeness (QED) is 0.800. The van der Waals surface area contributed by atoms with Crippen molar-refractivity contribution in [2.45, 2.75) is 6.92 Å². The maximum absolute atomic E-state index is 11.4. The van der Waals surface area contributed by atoms with Crippen molar-refractivity contribution >= 4 is 33.2 Å². The van der Waals surface area contributed by atoms with Gasteiger partial charge in [-0.1, -0.05) is 0 Å². The van der Waals surface area contributed by atoms with E-state index in [1.54, 1.807) is 11.3 Å². The van der Waals surface area contributed by atoms with E-state index < -0.39 is 5.97 Å². The standard InChI is InChI=1S/C11H9BrN2O2S/c1-6-5-7(8-3-4-9(12)17-8)14-10(13-6)11(15)16-2/h3-5H,1-2H3. The smallest absolute Gasteiger partial charge is 0.376 e. The van der Waals surface area contributed by atoms with Crippen LogP contribution in [0.25, 0.3) is 10.6 Å². The molecule has 17 heavy (non-hydrogen) atoms. The first-order valence-electron chi connectivity index (χ1n) is 4.80. The van der Waals surface area contributed by atoms with Crippen LogP contribution in [-0.4, -0.2) is 23.0 Å². The van der Waals surface area contributed by atoms with Gasteiger partial charge in [0.1, 0.15) is 0 Å². The summed E-state index contributed by atoms with van der Waals surface area (Å²) in [5, 5.41) is 0. The van der Waals surface area contributed by atoms with E-state index in [0.717, 1.165) is 20.1 Å². The summed E-state index contributed by atoms with van der Waals surface area (Å²) < 4.78 is 5.63. The van der Waals surface area contributed by atoms with Crippen LogP contribution in [0.3, 0.4) is 0 Å². The fraction of sp³-hybridized carbons (Fsp3) is 0.182. The van der Waals surface area contributed by atoms with Crippen molar-refractivity contribution in [3.8, 4) is 10.6 Å². The number of thiophene rings is 1. The minimum absolute atomic E-state index is 0.0898. The van der Waals surface area contributed by atoms with E-state index in [1.165, 1.54) is 7.11 Å². The number of aryl methyl sites for hydroxylation is 1. The Morgan fingerprint density at radius 1 is 1.41 bits per heavy atom. The molecule has 0 saturated carbocycles. The lowest BCUT2D eigenvalue weighted by molar-refractivity contribution is 0.0586. The lowest BCUT2D eigenvalue weighted by Gasteiger charge is -2.02. The van der Waals surface area contributed by atoms with Crippen molar-refractivity contribution in [3.05, 3.63) is 33.5 Å². The van der Waals surface area contributed by atoms with E-state index >= 15 is 0 Å². The molecule has 0 saturated heterocycles. The highest BCUT2D eigenvalue weighted by Crippen LogP contribution is 2.30. The minimum atomic E-state index is -0.523. The Hall–Kier alpha value is -1.27. The van der Waals surface area contributed by atoms with Crippen LogP contribution in [-0.2, 0) is 4.74 Å². The van der Waals surface area contributed by atoms with Gasteiger partial charge in [-0.3, -0.25) is 0 Å². The number of ether oxygens (including phenoxy) is 1. The third-order valence-corrected chi connectivity index (χ3v) is 3.69. The molecular formula is C11H9BrN2O2S. The Morgan fingerprint density at radius 2 is 2.18 bits per heavy atom. The first-order valence-corrected chi connectivity index (χ1v) is 6.41. The van der Waals surface area contributed by atoms with Crippen LogP contribution in [0, 0.1) is 6.92 Å². The topological polar surface area (TPSA) is 52.1 Å². The molecule has 88 valence electrons. The number of hydrogen-bond acceptors (Lipinski definition) is 5. The molecule has 0 bridgehead atoms. The van der Waals surface area contributed by atoms with Gasteiger partial charge in [-0.15, -0.1) is 11.3 Å². The predicted octanol–water partition coefficient (Wildman–Crippen LogP) is 3.06. The molecule has 2 aromatic rings. The molecule has 0 fully saturated rings. The minimum Gasteiger partial charge on any atom is -0.463 e. The third kappa shape index (κ3) is 2.70. The van der Waals surface area contributed by atoms with E-state index in [-0.39, 0.29) is 5.82 Å². The zero-order valence-corrected chi connectivity index (χ0v) is 11.6. The van der Waals surface area contributed by atoms with Crippen LogP contribution in [0.15, 0.2) is 22.0 Å². The van der Waals surface area contributed by atoms with E-state index in [4.69, 9.17) is 0 Å². The number of carbonyl (C=O) groups excluding carboxylic acids is 1. The van der Waals surface area contributed by atoms with Crippen LogP contribution < -0.4 is 0 Å². The highest BCUT2D eigenvalue weighted by atomic mass is 79.9. The molecule has 2 heterocycles. The van der Waals surface area contributed by atoms with Crippen LogP contribution in [0.2, 0.25) is 0 Å². The van der Waals surface area contributed by atoms with E-state index in [2.05, 4.69) is 30.6 Å².